The minimum absolute atomic E-state index is 0.451. The molecule has 17 heavy (non-hydrogen) atoms. The van der Waals surface area contributed by atoms with Crippen molar-refractivity contribution in [3.63, 3.8) is 0 Å². The molecule has 6 heteroatoms. The highest BCUT2D eigenvalue weighted by atomic mass is 16.6. The van der Waals surface area contributed by atoms with Crippen molar-refractivity contribution in [3.8, 4) is 0 Å². The third-order valence-corrected chi connectivity index (χ3v) is 2.71. The van der Waals surface area contributed by atoms with Crippen LogP contribution in [0.1, 0.15) is 40.0 Å². The Labute approximate surface area is 100.0 Å². The van der Waals surface area contributed by atoms with Crippen molar-refractivity contribution >= 4 is 12.1 Å². The summed E-state index contributed by atoms with van der Waals surface area (Å²) in [5.41, 5.74) is -2.95. The lowest BCUT2D eigenvalue weighted by Crippen LogP contribution is -2.61. The number of alkyl carbamates (subject to hydrolysis) is 1. The Morgan fingerprint density at radius 2 is 1.82 bits per heavy atom. The first-order valence-corrected chi connectivity index (χ1v) is 5.62. The maximum absolute atomic E-state index is 11.5. The number of carboxylic acid groups (broad SMARTS) is 1. The molecule has 6 nitrogen and oxygen atoms in total. The van der Waals surface area contributed by atoms with Gasteiger partial charge >= 0.3 is 12.1 Å². The Bertz CT molecular complexity index is 318. The van der Waals surface area contributed by atoms with E-state index in [0.29, 0.717) is 12.8 Å². The van der Waals surface area contributed by atoms with Crippen LogP contribution in [0.5, 0.6) is 0 Å². The van der Waals surface area contributed by atoms with Crippen LogP contribution < -0.4 is 5.32 Å². The molecule has 0 spiro atoms. The molecule has 0 radical (unpaired) electrons. The molecule has 1 fully saturated rings. The van der Waals surface area contributed by atoms with E-state index in [1.165, 1.54) is 0 Å². The zero-order chi connectivity index (χ0) is 13.3. The predicted molar refractivity (Wildman–Crippen MR) is 59.3 cm³/mol. The maximum Gasteiger partial charge on any atom is 0.410 e. The van der Waals surface area contributed by atoms with Crippen molar-refractivity contribution in [3.05, 3.63) is 0 Å². The van der Waals surface area contributed by atoms with Gasteiger partial charge < -0.3 is 14.9 Å². The number of rotatable bonds is 3. The Kier molecular flexibility index (Phi) is 3.66. The molecule has 1 aliphatic rings. The first-order valence-electron chi connectivity index (χ1n) is 5.62. The van der Waals surface area contributed by atoms with E-state index in [0.717, 1.165) is 6.42 Å². The zero-order valence-electron chi connectivity index (χ0n) is 10.3. The molecule has 0 aromatic rings. The van der Waals surface area contributed by atoms with Gasteiger partial charge in [-0.15, -0.1) is 0 Å². The third kappa shape index (κ3) is 3.33. The minimum Gasteiger partial charge on any atom is -0.478 e. The molecular formula is C11H19NO5. The lowest BCUT2D eigenvalue weighted by atomic mass is 9.77. The zero-order valence-corrected chi connectivity index (χ0v) is 10.3. The molecule has 98 valence electrons. The highest BCUT2D eigenvalue weighted by Gasteiger charge is 2.48. The van der Waals surface area contributed by atoms with E-state index < -0.39 is 29.3 Å². The van der Waals surface area contributed by atoms with E-state index in [4.69, 9.17) is 9.84 Å². The van der Waals surface area contributed by atoms with Gasteiger partial charge in [0.2, 0.25) is 5.72 Å². The maximum atomic E-state index is 11.5. The number of carboxylic acids is 1. The van der Waals surface area contributed by atoms with Crippen LogP contribution in [0.2, 0.25) is 0 Å². The van der Waals surface area contributed by atoms with Crippen LogP contribution in [0.25, 0.3) is 0 Å². The van der Waals surface area contributed by atoms with Gasteiger partial charge in [0, 0.05) is 5.92 Å². The lowest BCUT2D eigenvalue weighted by molar-refractivity contribution is -0.174. The molecule has 0 aromatic carbocycles. The number of carbonyl (C=O) groups excluding carboxylic acids is 1. The average molecular weight is 245 g/mol. The van der Waals surface area contributed by atoms with Gasteiger partial charge in [0.25, 0.3) is 0 Å². The monoisotopic (exact) mass is 245 g/mol. The third-order valence-electron chi connectivity index (χ3n) is 2.71. The van der Waals surface area contributed by atoms with Crippen molar-refractivity contribution in [2.24, 2.45) is 5.92 Å². The number of ether oxygens (including phenoxy) is 1. The second-order valence-electron chi connectivity index (χ2n) is 5.33. The number of aliphatic carboxylic acids is 1. The molecular weight excluding hydrogens is 226 g/mol. The van der Waals surface area contributed by atoms with Crippen molar-refractivity contribution in [2.75, 3.05) is 0 Å². The number of aliphatic hydroxyl groups is 1. The largest absolute Gasteiger partial charge is 0.478 e. The molecule has 0 heterocycles. The number of carbonyl (C=O) groups is 2. The van der Waals surface area contributed by atoms with Gasteiger partial charge in [-0.2, -0.15) is 0 Å². The first-order chi connectivity index (χ1) is 7.65. The van der Waals surface area contributed by atoms with E-state index in [9.17, 15) is 14.7 Å². The topological polar surface area (TPSA) is 95.9 Å². The number of hydrogen-bond donors (Lipinski definition) is 3. The van der Waals surface area contributed by atoms with Crippen molar-refractivity contribution in [1.29, 1.82) is 0 Å². The Morgan fingerprint density at radius 1 is 1.29 bits per heavy atom. The van der Waals surface area contributed by atoms with Crippen LogP contribution in [0.4, 0.5) is 4.79 Å². The normalized spacial score (nSPS) is 20.0. The first kappa shape index (κ1) is 13.8. The van der Waals surface area contributed by atoms with Crippen LogP contribution in [0.15, 0.2) is 0 Å². The Balaban J connectivity index is 2.67. The van der Waals surface area contributed by atoms with E-state index in [2.05, 4.69) is 0 Å². The summed E-state index contributed by atoms with van der Waals surface area (Å²) >= 11 is 0. The standard InChI is InChI=1S/C11H19NO5/c1-10(2,3)17-9(15)12-11(16,8(13)14)7-5-4-6-7/h7,16H,4-6H2,1-3H3,(H,12,15)(H,13,14). The lowest BCUT2D eigenvalue weighted by Gasteiger charge is -2.38. The van der Waals surface area contributed by atoms with Gasteiger partial charge in [0.05, 0.1) is 0 Å². The summed E-state index contributed by atoms with van der Waals surface area (Å²) in [6.07, 6.45) is 1.10. The summed E-state index contributed by atoms with van der Waals surface area (Å²) in [5, 5.41) is 21.0. The predicted octanol–water partition coefficient (Wildman–Crippen LogP) is 1.08. The van der Waals surface area contributed by atoms with Gasteiger partial charge in [-0.25, -0.2) is 9.59 Å². The average Bonchev–Trinajstić information content (AvgIpc) is 1.94. The number of hydrogen-bond acceptors (Lipinski definition) is 4. The highest BCUT2D eigenvalue weighted by molar-refractivity contribution is 5.83. The fourth-order valence-electron chi connectivity index (χ4n) is 1.62. The molecule has 1 atom stereocenters. The molecule has 1 amide bonds. The summed E-state index contributed by atoms with van der Waals surface area (Å²) in [4.78, 5) is 22.5. The summed E-state index contributed by atoms with van der Waals surface area (Å²) < 4.78 is 4.93. The number of nitrogens with one attached hydrogen (secondary N) is 1. The SMILES string of the molecule is CC(C)(C)OC(=O)NC(O)(C(=O)O)C1CCC1. The minimum atomic E-state index is -2.22. The van der Waals surface area contributed by atoms with Crippen molar-refractivity contribution < 1.29 is 24.5 Å². The van der Waals surface area contributed by atoms with Crippen LogP contribution >= 0.6 is 0 Å². The van der Waals surface area contributed by atoms with E-state index in [1.807, 2.05) is 5.32 Å². The molecule has 0 bridgehead atoms. The quantitative estimate of drug-likeness (QED) is 0.647. The van der Waals surface area contributed by atoms with Gasteiger partial charge in [-0.3, -0.25) is 5.32 Å². The molecule has 1 unspecified atom stereocenters. The van der Waals surface area contributed by atoms with Gasteiger partial charge in [0.1, 0.15) is 5.60 Å². The fraction of sp³-hybridized carbons (Fsp3) is 0.818. The summed E-state index contributed by atoms with van der Waals surface area (Å²) in [6, 6.07) is 0. The van der Waals surface area contributed by atoms with E-state index in [1.54, 1.807) is 20.8 Å². The molecule has 3 N–H and O–H groups in total. The molecule has 0 aromatic heterocycles. The van der Waals surface area contributed by atoms with Crippen LogP contribution in [0, 0.1) is 5.92 Å². The summed E-state index contributed by atoms with van der Waals surface area (Å²) in [7, 11) is 0. The Hall–Kier alpha value is -1.30. The summed E-state index contributed by atoms with van der Waals surface area (Å²) in [6.45, 7) is 4.99. The smallest absolute Gasteiger partial charge is 0.410 e. The molecule has 0 saturated heterocycles. The highest BCUT2D eigenvalue weighted by Crippen LogP contribution is 2.35. The van der Waals surface area contributed by atoms with Gasteiger partial charge in [-0.1, -0.05) is 6.42 Å². The number of amides is 1. The fourth-order valence-corrected chi connectivity index (χ4v) is 1.62. The molecule has 1 aliphatic carbocycles. The molecule has 1 saturated carbocycles. The second kappa shape index (κ2) is 4.52. The summed E-state index contributed by atoms with van der Waals surface area (Å²) in [5.74, 6) is -1.90. The van der Waals surface area contributed by atoms with Gasteiger partial charge in [-0.05, 0) is 33.6 Å². The molecule has 0 aliphatic heterocycles. The second-order valence-corrected chi connectivity index (χ2v) is 5.33. The van der Waals surface area contributed by atoms with Crippen LogP contribution in [0.3, 0.4) is 0 Å². The van der Waals surface area contributed by atoms with Crippen LogP contribution in [-0.2, 0) is 9.53 Å². The van der Waals surface area contributed by atoms with Crippen molar-refractivity contribution in [1.82, 2.24) is 5.32 Å². The van der Waals surface area contributed by atoms with Crippen LogP contribution in [-0.4, -0.2) is 33.6 Å². The van der Waals surface area contributed by atoms with E-state index >= 15 is 0 Å². The molecule has 1 rings (SSSR count). The van der Waals surface area contributed by atoms with Crippen molar-refractivity contribution in [2.45, 2.75) is 51.4 Å². The van der Waals surface area contributed by atoms with E-state index in [-0.39, 0.29) is 0 Å². The van der Waals surface area contributed by atoms with Gasteiger partial charge in [0.15, 0.2) is 0 Å². The Morgan fingerprint density at radius 3 is 2.12 bits per heavy atom.